The third kappa shape index (κ3) is 4.08. The van der Waals surface area contributed by atoms with Gasteiger partial charge in [0.2, 0.25) is 11.8 Å². The largest absolute Gasteiger partial charge is 0.352 e. The Morgan fingerprint density at radius 3 is 2.62 bits per heavy atom. The van der Waals surface area contributed by atoms with E-state index < -0.39 is 0 Å². The summed E-state index contributed by atoms with van der Waals surface area (Å²) in [6, 6.07) is 7.91. The van der Waals surface area contributed by atoms with Crippen molar-refractivity contribution in [3.8, 4) is 0 Å². The second kappa shape index (κ2) is 7.99. The Kier molecular flexibility index (Phi) is 6.24. The number of carbonyl (C=O) groups is 2. The van der Waals surface area contributed by atoms with Crippen LogP contribution in [0.25, 0.3) is 0 Å². The van der Waals surface area contributed by atoms with Crippen LogP contribution >= 0.6 is 12.4 Å². The number of benzene rings is 1. The number of rotatable bonds is 4. The van der Waals surface area contributed by atoms with Crippen LogP contribution < -0.4 is 15.5 Å². The smallest absolute Gasteiger partial charge is 0.227 e. The van der Waals surface area contributed by atoms with Gasteiger partial charge in [-0.3, -0.25) is 9.59 Å². The fourth-order valence-electron chi connectivity index (χ4n) is 3.36. The molecule has 5 nitrogen and oxygen atoms in total. The molecular weight excluding hydrogens is 326 g/mol. The van der Waals surface area contributed by atoms with Crippen molar-refractivity contribution in [2.75, 3.05) is 24.5 Å². The van der Waals surface area contributed by atoms with Gasteiger partial charge in [0.1, 0.15) is 0 Å². The van der Waals surface area contributed by atoms with Crippen LogP contribution in [0.3, 0.4) is 0 Å². The molecule has 2 N–H and O–H groups in total. The van der Waals surface area contributed by atoms with Crippen molar-refractivity contribution in [2.45, 2.75) is 39.2 Å². The number of halogens is 1. The number of piperidine rings is 1. The molecule has 0 bridgehead atoms. The summed E-state index contributed by atoms with van der Waals surface area (Å²) in [4.78, 5) is 26.0. The third-order valence-corrected chi connectivity index (χ3v) is 4.92. The number of amides is 2. The van der Waals surface area contributed by atoms with Crippen molar-refractivity contribution in [3.63, 3.8) is 0 Å². The van der Waals surface area contributed by atoms with Crippen LogP contribution in [0.4, 0.5) is 5.69 Å². The lowest BCUT2D eigenvalue weighted by Gasteiger charge is -2.32. The molecule has 2 fully saturated rings. The highest BCUT2D eigenvalue weighted by atomic mass is 35.5. The average Bonchev–Trinajstić information content (AvgIpc) is 3.00. The van der Waals surface area contributed by atoms with E-state index in [-0.39, 0.29) is 29.6 Å². The number of nitrogens with zero attached hydrogens (tertiary/aromatic N) is 1. The van der Waals surface area contributed by atoms with E-state index in [2.05, 4.69) is 10.6 Å². The van der Waals surface area contributed by atoms with Crippen LogP contribution in [-0.2, 0) is 16.1 Å². The van der Waals surface area contributed by atoms with Gasteiger partial charge < -0.3 is 15.5 Å². The Labute approximate surface area is 149 Å². The van der Waals surface area contributed by atoms with Crippen molar-refractivity contribution in [1.82, 2.24) is 10.6 Å². The first-order valence-corrected chi connectivity index (χ1v) is 8.47. The van der Waals surface area contributed by atoms with Crippen molar-refractivity contribution in [1.29, 1.82) is 0 Å². The normalized spacial score (nSPS) is 23.7. The van der Waals surface area contributed by atoms with Gasteiger partial charge in [-0.2, -0.15) is 0 Å². The van der Waals surface area contributed by atoms with Gasteiger partial charge in [0.25, 0.3) is 0 Å². The van der Waals surface area contributed by atoms with E-state index in [1.54, 1.807) is 0 Å². The first kappa shape index (κ1) is 18.7. The number of nitrogens with one attached hydrogen (secondary N) is 2. The highest BCUT2D eigenvalue weighted by Crippen LogP contribution is 2.26. The summed E-state index contributed by atoms with van der Waals surface area (Å²) >= 11 is 0. The molecule has 2 amide bonds. The predicted octanol–water partition coefficient (Wildman–Crippen LogP) is 2.24. The van der Waals surface area contributed by atoms with Gasteiger partial charge in [0.05, 0.1) is 5.41 Å². The molecule has 2 aliphatic heterocycles. The molecule has 0 radical (unpaired) electrons. The maximum atomic E-state index is 12.4. The molecule has 2 aliphatic rings. The molecule has 2 saturated heterocycles. The van der Waals surface area contributed by atoms with Crippen LogP contribution in [-0.4, -0.2) is 31.4 Å². The number of carbonyl (C=O) groups excluding carboxylic acids is 2. The molecular formula is C18H26ClN3O2. The molecule has 0 aromatic heterocycles. The molecule has 1 aromatic rings. The van der Waals surface area contributed by atoms with E-state index >= 15 is 0 Å². The van der Waals surface area contributed by atoms with Crippen LogP contribution in [0.2, 0.25) is 0 Å². The summed E-state index contributed by atoms with van der Waals surface area (Å²) in [5.74, 6) is 0.312. The maximum Gasteiger partial charge on any atom is 0.227 e. The zero-order chi connectivity index (χ0) is 16.3. The van der Waals surface area contributed by atoms with E-state index in [0.29, 0.717) is 13.0 Å². The van der Waals surface area contributed by atoms with Crippen LogP contribution in [0.5, 0.6) is 0 Å². The molecule has 6 heteroatoms. The number of anilines is 1. The fraction of sp³-hybridized carbons (Fsp3) is 0.556. The van der Waals surface area contributed by atoms with Crippen molar-refractivity contribution < 1.29 is 9.59 Å². The van der Waals surface area contributed by atoms with E-state index in [1.165, 1.54) is 0 Å². The van der Waals surface area contributed by atoms with Crippen LogP contribution in [0.15, 0.2) is 24.3 Å². The Morgan fingerprint density at radius 1 is 1.29 bits per heavy atom. The van der Waals surface area contributed by atoms with Crippen LogP contribution in [0.1, 0.15) is 38.2 Å². The zero-order valence-corrected chi connectivity index (χ0v) is 15.0. The minimum Gasteiger partial charge on any atom is -0.352 e. The topological polar surface area (TPSA) is 61.4 Å². The number of hydrogen-bond acceptors (Lipinski definition) is 3. The van der Waals surface area contributed by atoms with Gasteiger partial charge in [0, 0.05) is 31.7 Å². The molecule has 3 rings (SSSR count). The lowest BCUT2D eigenvalue weighted by Crippen LogP contribution is -2.48. The van der Waals surface area contributed by atoms with Gasteiger partial charge >= 0.3 is 0 Å². The first-order chi connectivity index (χ1) is 11.1. The van der Waals surface area contributed by atoms with Gasteiger partial charge in [0.15, 0.2) is 0 Å². The standard InChI is InChI=1S/C18H25N3O2.ClH/c1-18(9-3-10-19-13-18)17(23)20-12-14-5-7-15(8-6-14)21-11-2-4-16(21)22;/h5-8,19H,2-4,9-13H2,1H3,(H,20,23);1H. The summed E-state index contributed by atoms with van der Waals surface area (Å²) in [6.45, 7) is 5.11. The second-order valence-corrected chi connectivity index (χ2v) is 6.84. The van der Waals surface area contributed by atoms with Gasteiger partial charge in [-0.25, -0.2) is 0 Å². The van der Waals surface area contributed by atoms with E-state index in [4.69, 9.17) is 0 Å². The third-order valence-electron chi connectivity index (χ3n) is 4.92. The van der Waals surface area contributed by atoms with E-state index in [1.807, 2.05) is 36.1 Å². The summed E-state index contributed by atoms with van der Waals surface area (Å²) < 4.78 is 0. The van der Waals surface area contributed by atoms with Crippen molar-refractivity contribution >= 4 is 29.9 Å². The molecule has 0 saturated carbocycles. The van der Waals surface area contributed by atoms with Gasteiger partial charge in [-0.1, -0.05) is 12.1 Å². The SMILES string of the molecule is CC1(C(=O)NCc2ccc(N3CCCC3=O)cc2)CCCNC1.Cl. The molecule has 1 unspecified atom stereocenters. The van der Waals surface area contributed by atoms with Crippen LogP contribution in [0, 0.1) is 5.41 Å². The predicted molar refractivity (Wildman–Crippen MR) is 97.3 cm³/mol. The summed E-state index contributed by atoms with van der Waals surface area (Å²) in [5.41, 5.74) is 1.70. The van der Waals surface area contributed by atoms with E-state index in [0.717, 1.165) is 50.1 Å². The van der Waals surface area contributed by atoms with Crippen molar-refractivity contribution in [3.05, 3.63) is 29.8 Å². The summed E-state index contributed by atoms with van der Waals surface area (Å²) in [5, 5.41) is 6.35. The minimum absolute atomic E-state index is 0. The molecule has 1 atom stereocenters. The molecule has 0 spiro atoms. The molecule has 0 aliphatic carbocycles. The molecule has 2 heterocycles. The van der Waals surface area contributed by atoms with Crippen molar-refractivity contribution in [2.24, 2.45) is 5.41 Å². The number of hydrogen-bond donors (Lipinski definition) is 2. The average molecular weight is 352 g/mol. The lowest BCUT2D eigenvalue weighted by atomic mass is 9.82. The van der Waals surface area contributed by atoms with Gasteiger partial charge in [-0.05, 0) is 50.4 Å². The zero-order valence-electron chi connectivity index (χ0n) is 14.1. The maximum absolute atomic E-state index is 12.4. The molecule has 1 aromatic carbocycles. The Morgan fingerprint density at radius 2 is 2.04 bits per heavy atom. The van der Waals surface area contributed by atoms with Gasteiger partial charge in [-0.15, -0.1) is 12.4 Å². The molecule has 132 valence electrons. The summed E-state index contributed by atoms with van der Waals surface area (Å²) in [7, 11) is 0. The Hall–Kier alpha value is -1.59. The quantitative estimate of drug-likeness (QED) is 0.874. The monoisotopic (exact) mass is 351 g/mol. The highest BCUT2D eigenvalue weighted by molar-refractivity contribution is 5.95. The fourth-order valence-corrected chi connectivity index (χ4v) is 3.36. The highest BCUT2D eigenvalue weighted by Gasteiger charge is 2.34. The molecule has 24 heavy (non-hydrogen) atoms. The van der Waals surface area contributed by atoms with E-state index in [9.17, 15) is 9.59 Å². The Bertz CT molecular complexity index is 582. The lowest BCUT2D eigenvalue weighted by molar-refractivity contribution is -0.131. The minimum atomic E-state index is -0.305. The Balaban J connectivity index is 0.00000208. The first-order valence-electron chi connectivity index (χ1n) is 8.47. The second-order valence-electron chi connectivity index (χ2n) is 6.84. The summed E-state index contributed by atoms with van der Waals surface area (Å²) in [6.07, 6.45) is 3.55.